The number of para-hydroxylation sites is 1. The van der Waals surface area contributed by atoms with Crippen LogP contribution >= 0.6 is 0 Å². The molecular formula is C25H35N7O7. The molecule has 14 heteroatoms. The third kappa shape index (κ3) is 11.6. The molecule has 0 radical (unpaired) electrons. The van der Waals surface area contributed by atoms with Crippen molar-refractivity contribution in [3.63, 3.8) is 0 Å². The van der Waals surface area contributed by atoms with Gasteiger partial charge in [-0.15, -0.1) is 5.10 Å². The number of nitrogens with one attached hydrogen (secondary N) is 2. The average molecular weight is 546 g/mol. The van der Waals surface area contributed by atoms with E-state index in [9.17, 15) is 19.2 Å². The van der Waals surface area contributed by atoms with Crippen molar-refractivity contribution in [2.24, 2.45) is 4.99 Å². The number of carbonyl (C=O) groups is 4. The van der Waals surface area contributed by atoms with Gasteiger partial charge in [0.05, 0.1) is 19.9 Å². The van der Waals surface area contributed by atoms with Crippen molar-refractivity contribution in [2.75, 3.05) is 18.6 Å². The lowest BCUT2D eigenvalue weighted by Gasteiger charge is -2.22. The van der Waals surface area contributed by atoms with E-state index >= 15 is 0 Å². The Balaban J connectivity index is 2.14. The van der Waals surface area contributed by atoms with Crippen LogP contribution in [-0.2, 0) is 36.9 Å². The number of anilines is 1. The molecule has 0 aliphatic heterocycles. The zero-order valence-corrected chi connectivity index (χ0v) is 23.2. The first-order valence-corrected chi connectivity index (χ1v) is 12.0. The normalized spacial score (nSPS) is 11.2. The Morgan fingerprint density at radius 2 is 1.51 bits per heavy atom. The number of benzene rings is 1. The van der Waals surface area contributed by atoms with E-state index in [4.69, 9.17) is 14.2 Å². The fourth-order valence-electron chi connectivity index (χ4n) is 2.91. The molecule has 14 nitrogen and oxygen atoms in total. The molecule has 212 valence electrons. The van der Waals surface area contributed by atoms with Gasteiger partial charge in [-0.25, -0.2) is 19.3 Å². The summed E-state index contributed by atoms with van der Waals surface area (Å²) < 4.78 is 16.4. The van der Waals surface area contributed by atoms with Gasteiger partial charge < -0.3 is 14.2 Å². The third-order valence-corrected chi connectivity index (χ3v) is 4.41. The van der Waals surface area contributed by atoms with E-state index in [1.807, 2.05) is 0 Å². The van der Waals surface area contributed by atoms with Crippen molar-refractivity contribution < 1.29 is 33.4 Å². The number of carbonyl (C=O) groups excluding carboxylic acids is 4. The van der Waals surface area contributed by atoms with E-state index in [0.29, 0.717) is 11.4 Å². The third-order valence-electron chi connectivity index (χ3n) is 4.41. The van der Waals surface area contributed by atoms with Gasteiger partial charge in [-0.05, 0) is 53.7 Å². The predicted molar refractivity (Wildman–Crippen MR) is 141 cm³/mol. The molecule has 0 saturated heterocycles. The molecule has 0 saturated carbocycles. The maximum atomic E-state index is 13.0. The van der Waals surface area contributed by atoms with Crippen LogP contribution in [0.3, 0.4) is 0 Å². The van der Waals surface area contributed by atoms with Gasteiger partial charge in [-0.3, -0.25) is 25.1 Å². The number of ether oxygens (including phenoxy) is 3. The molecule has 0 atom stereocenters. The van der Waals surface area contributed by atoms with E-state index in [0.717, 1.165) is 0 Å². The molecule has 0 spiro atoms. The quantitative estimate of drug-likeness (QED) is 0.230. The Bertz CT molecular complexity index is 1150. The minimum absolute atomic E-state index is 0.111. The smallest absolute Gasteiger partial charge is 0.414 e. The summed E-state index contributed by atoms with van der Waals surface area (Å²) in [5.41, 5.74) is -0.712. The van der Waals surface area contributed by atoms with Gasteiger partial charge in [-0.1, -0.05) is 23.4 Å². The van der Waals surface area contributed by atoms with Crippen LogP contribution in [0.25, 0.3) is 0 Å². The number of aromatic nitrogens is 3. The minimum Gasteiger partial charge on any atom is -0.468 e. The molecule has 0 bridgehead atoms. The molecule has 0 aliphatic rings. The maximum absolute atomic E-state index is 13.0. The van der Waals surface area contributed by atoms with Crippen LogP contribution in [0.1, 0.15) is 47.2 Å². The van der Waals surface area contributed by atoms with Crippen molar-refractivity contribution in [1.82, 2.24) is 25.6 Å². The van der Waals surface area contributed by atoms with Gasteiger partial charge in [0.25, 0.3) is 0 Å². The van der Waals surface area contributed by atoms with E-state index in [1.54, 1.807) is 71.9 Å². The first-order valence-electron chi connectivity index (χ1n) is 12.0. The Labute approximate surface area is 226 Å². The molecule has 0 aliphatic carbocycles. The number of nitrogens with zero attached hydrogens (tertiary/aromatic N) is 5. The minimum atomic E-state index is -0.835. The van der Waals surface area contributed by atoms with Crippen LogP contribution in [0.2, 0.25) is 0 Å². The number of amides is 3. The summed E-state index contributed by atoms with van der Waals surface area (Å²) in [6.45, 7) is 9.52. The summed E-state index contributed by atoms with van der Waals surface area (Å²) in [5, 5.41) is 12.7. The van der Waals surface area contributed by atoms with Gasteiger partial charge >= 0.3 is 18.2 Å². The highest BCUT2D eigenvalue weighted by atomic mass is 16.6. The monoisotopic (exact) mass is 545 g/mol. The Hall–Kier alpha value is -4.49. The summed E-state index contributed by atoms with van der Waals surface area (Å²) in [6, 6.07) is 8.66. The number of esters is 1. The SMILES string of the molecule is COC(=O)CN(C(=O)Cn1cc(CN=C(NC(=O)OC(C)(C)C)NC(=O)OC(C)(C)C)nn1)c1ccccc1. The lowest BCUT2D eigenvalue weighted by molar-refractivity contribution is -0.140. The van der Waals surface area contributed by atoms with Crippen molar-refractivity contribution in [3.05, 3.63) is 42.2 Å². The van der Waals surface area contributed by atoms with Gasteiger partial charge in [0.2, 0.25) is 11.9 Å². The number of hydrogen-bond donors (Lipinski definition) is 2. The second-order valence-corrected chi connectivity index (χ2v) is 10.2. The van der Waals surface area contributed by atoms with E-state index in [-0.39, 0.29) is 25.6 Å². The Kier molecular flexibility index (Phi) is 10.5. The number of alkyl carbamates (subject to hydrolysis) is 2. The molecule has 1 aromatic heterocycles. The number of rotatable bonds is 7. The molecule has 0 fully saturated rings. The fraction of sp³-hybridized carbons (Fsp3) is 0.480. The van der Waals surface area contributed by atoms with Crippen LogP contribution < -0.4 is 15.5 Å². The zero-order valence-electron chi connectivity index (χ0n) is 23.2. The Morgan fingerprint density at radius 1 is 0.949 bits per heavy atom. The first kappa shape index (κ1) is 30.7. The number of guanidine groups is 1. The van der Waals surface area contributed by atoms with Crippen molar-refractivity contribution >= 4 is 35.7 Å². The number of methoxy groups -OCH3 is 1. The van der Waals surface area contributed by atoms with Gasteiger partial charge in [0.1, 0.15) is 30.0 Å². The highest BCUT2D eigenvalue weighted by Crippen LogP contribution is 2.14. The molecule has 1 aromatic carbocycles. The molecule has 2 aromatic rings. The lowest BCUT2D eigenvalue weighted by Crippen LogP contribution is -2.47. The van der Waals surface area contributed by atoms with Crippen LogP contribution in [0.15, 0.2) is 41.5 Å². The average Bonchev–Trinajstić information content (AvgIpc) is 3.26. The highest BCUT2D eigenvalue weighted by molar-refractivity contribution is 6.01. The largest absolute Gasteiger partial charge is 0.468 e. The summed E-state index contributed by atoms with van der Waals surface area (Å²) in [6.07, 6.45) is -0.197. The molecule has 1 heterocycles. The van der Waals surface area contributed by atoms with Gasteiger partial charge in [0, 0.05) is 5.69 Å². The summed E-state index contributed by atoms with van der Waals surface area (Å²) >= 11 is 0. The van der Waals surface area contributed by atoms with Crippen molar-refractivity contribution in [1.29, 1.82) is 0 Å². The standard InChI is InChI=1S/C25H35N7O7/c1-24(2,3)38-22(35)27-21(28-23(36)39-25(4,5)6)26-13-17-14-31(30-29-17)15-19(33)32(16-20(34)37-7)18-11-9-8-10-12-18/h8-12,14H,13,15-16H2,1-7H3,(H2,26,27,28,35,36). The molecule has 0 unspecified atom stereocenters. The summed E-state index contributed by atoms with van der Waals surface area (Å²) in [7, 11) is 1.24. The predicted octanol–water partition coefficient (Wildman–Crippen LogP) is 2.39. The fourth-order valence-corrected chi connectivity index (χ4v) is 2.91. The number of aliphatic imine (C=N–C) groups is 1. The van der Waals surface area contributed by atoms with Crippen LogP contribution in [0.5, 0.6) is 0 Å². The first-order chi connectivity index (χ1) is 18.1. The van der Waals surface area contributed by atoms with E-state index < -0.39 is 35.3 Å². The van der Waals surface area contributed by atoms with E-state index in [2.05, 4.69) is 25.9 Å². The van der Waals surface area contributed by atoms with Crippen LogP contribution in [0.4, 0.5) is 15.3 Å². The van der Waals surface area contributed by atoms with Gasteiger partial charge in [0.15, 0.2) is 0 Å². The lowest BCUT2D eigenvalue weighted by atomic mass is 10.2. The van der Waals surface area contributed by atoms with Crippen molar-refractivity contribution in [3.8, 4) is 0 Å². The molecule has 39 heavy (non-hydrogen) atoms. The zero-order chi connectivity index (χ0) is 29.2. The molecular weight excluding hydrogens is 510 g/mol. The molecule has 2 rings (SSSR count). The van der Waals surface area contributed by atoms with E-state index in [1.165, 1.54) is 22.9 Å². The molecule has 2 N–H and O–H groups in total. The topological polar surface area (TPSA) is 166 Å². The maximum Gasteiger partial charge on any atom is 0.414 e. The summed E-state index contributed by atoms with van der Waals surface area (Å²) in [5.74, 6) is -1.23. The van der Waals surface area contributed by atoms with Gasteiger partial charge in [-0.2, -0.15) is 0 Å². The van der Waals surface area contributed by atoms with Crippen LogP contribution in [-0.4, -0.2) is 69.9 Å². The molecule has 3 amide bonds. The summed E-state index contributed by atoms with van der Waals surface area (Å²) in [4.78, 5) is 54.8. The highest BCUT2D eigenvalue weighted by Gasteiger charge is 2.22. The second kappa shape index (κ2) is 13.3. The van der Waals surface area contributed by atoms with Crippen molar-refractivity contribution in [2.45, 2.75) is 65.8 Å². The van der Waals surface area contributed by atoms with Crippen LogP contribution in [0, 0.1) is 0 Å². The Morgan fingerprint density at radius 3 is 2.03 bits per heavy atom. The number of hydrogen-bond acceptors (Lipinski definition) is 10. The second-order valence-electron chi connectivity index (χ2n) is 10.2.